The molecule has 4 heterocycles. The fourth-order valence-electron chi connectivity index (χ4n) is 14.4. The van der Waals surface area contributed by atoms with Crippen molar-refractivity contribution in [3.8, 4) is 11.1 Å². The highest BCUT2D eigenvalue weighted by atomic mass is 32.1. The molecule has 0 radical (unpaired) electrons. The van der Waals surface area contributed by atoms with Crippen molar-refractivity contribution >= 4 is 156 Å². The Morgan fingerprint density at radius 1 is 0.352 bits per heavy atom. The minimum atomic E-state index is -0.175. The van der Waals surface area contributed by atoms with E-state index in [-0.39, 0.29) is 17.5 Å². The number of nitrogens with zero attached hydrogens (tertiary/aromatic N) is 4. The van der Waals surface area contributed by atoms with Crippen LogP contribution in [0.15, 0.2) is 290 Å². The molecule has 2 aliphatic rings. The van der Waals surface area contributed by atoms with Crippen LogP contribution in [0, 0.1) is 0 Å². The molecule has 0 spiro atoms. The largest absolute Gasteiger partial charge is 0.456 e. The second-order valence-corrected chi connectivity index (χ2v) is 27.6. The Balaban J connectivity index is 0.990. The molecule has 0 amide bonds. The van der Waals surface area contributed by atoms with Crippen molar-refractivity contribution in [2.45, 2.75) is 52.4 Å². The van der Waals surface area contributed by atoms with E-state index in [9.17, 15) is 0 Å². The summed E-state index contributed by atoms with van der Waals surface area (Å²) in [6.07, 6.45) is 0. The molecule has 0 fully saturated rings. The van der Waals surface area contributed by atoms with Gasteiger partial charge in [0.1, 0.15) is 11.2 Å². The first-order chi connectivity index (χ1) is 44.4. The maximum atomic E-state index is 6.51. The molecule has 17 rings (SSSR count). The summed E-state index contributed by atoms with van der Waals surface area (Å²) < 4.78 is 9.05. The first kappa shape index (κ1) is 54.5. The van der Waals surface area contributed by atoms with E-state index in [1.54, 1.807) is 0 Å². The van der Waals surface area contributed by atoms with Crippen LogP contribution >= 0.6 is 11.3 Å². The van der Waals surface area contributed by atoms with Crippen LogP contribution in [0.2, 0.25) is 0 Å². The lowest BCUT2D eigenvalue weighted by atomic mass is 9.33. The van der Waals surface area contributed by atoms with Gasteiger partial charge in [0, 0.05) is 87.8 Å². The zero-order valence-electron chi connectivity index (χ0n) is 51.8. The van der Waals surface area contributed by atoms with Gasteiger partial charge in [0.25, 0.3) is 6.71 Å². The molecular weight excluding hydrogens is 1120 g/mol. The Labute approximate surface area is 536 Å². The molecule has 7 heteroatoms. The van der Waals surface area contributed by atoms with Gasteiger partial charge in [-0.05, 0) is 182 Å². The third kappa shape index (κ3) is 9.12. The van der Waals surface area contributed by atoms with Crippen LogP contribution in [-0.2, 0) is 10.8 Å². The van der Waals surface area contributed by atoms with Crippen LogP contribution in [0.4, 0.5) is 68.2 Å². The van der Waals surface area contributed by atoms with Crippen molar-refractivity contribution in [3.05, 3.63) is 296 Å². The first-order valence-corrected chi connectivity index (χ1v) is 32.5. The number of rotatable bonds is 9. The minimum absolute atomic E-state index is 0.0400. The zero-order chi connectivity index (χ0) is 61.3. The molecule has 2 aliphatic heterocycles. The Hall–Kier alpha value is -10.6. The molecule has 0 N–H and O–H groups in total. The molecule has 13 aromatic carbocycles. The lowest BCUT2D eigenvalue weighted by molar-refractivity contribution is 0.590. The molecule has 436 valence electrons. The molecule has 0 aliphatic carbocycles. The second-order valence-electron chi connectivity index (χ2n) is 26.5. The smallest absolute Gasteiger partial charge is 0.252 e. The summed E-state index contributed by atoms with van der Waals surface area (Å²) in [4.78, 5) is 10.1. The van der Waals surface area contributed by atoms with E-state index in [1.807, 2.05) is 17.4 Å². The molecule has 0 bridgehead atoms. The number of hydrogen-bond acceptors (Lipinski definition) is 6. The number of anilines is 12. The average molecular weight is 1190 g/mol. The number of fused-ring (bicyclic) bond motifs is 12. The number of hydrogen-bond donors (Lipinski definition) is 0. The van der Waals surface area contributed by atoms with Gasteiger partial charge in [-0.3, -0.25) is 0 Å². The highest BCUT2D eigenvalue weighted by molar-refractivity contribution is 7.26. The van der Waals surface area contributed by atoms with Crippen LogP contribution in [0.3, 0.4) is 0 Å². The fourth-order valence-corrected chi connectivity index (χ4v) is 15.5. The summed E-state index contributed by atoms with van der Waals surface area (Å²) in [6.45, 7) is 13.7. The van der Waals surface area contributed by atoms with Gasteiger partial charge in [-0.15, -0.1) is 11.3 Å². The van der Waals surface area contributed by atoms with Gasteiger partial charge in [-0.2, -0.15) is 0 Å². The predicted octanol–water partition coefficient (Wildman–Crippen LogP) is 22.4. The van der Waals surface area contributed by atoms with Gasteiger partial charge >= 0.3 is 0 Å². The van der Waals surface area contributed by atoms with E-state index in [4.69, 9.17) is 4.42 Å². The van der Waals surface area contributed by atoms with Crippen LogP contribution in [0.25, 0.3) is 64.0 Å². The van der Waals surface area contributed by atoms with Gasteiger partial charge in [-0.1, -0.05) is 205 Å². The van der Waals surface area contributed by atoms with Crippen molar-refractivity contribution < 1.29 is 4.42 Å². The number of para-hydroxylation sites is 2. The van der Waals surface area contributed by atoms with Crippen LogP contribution in [-0.4, -0.2) is 6.71 Å². The van der Waals surface area contributed by atoms with Crippen molar-refractivity contribution in [2.75, 3.05) is 19.6 Å². The van der Waals surface area contributed by atoms with Crippen molar-refractivity contribution in [3.63, 3.8) is 0 Å². The lowest BCUT2D eigenvalue weighted by Gasteiger charge is -2.45. The van der Waals surface area contributed by atoms with E-state index in [2.05, 4.69) is 340 Å². The summed E-state index contributed by atoms with van der Waals surface area (Å²) in [6, 6.07) is 106. The quantitative estimate of drug-likeness (QED) is 0.134. The molecular formula is C84H65BN4OS. The van der Waals surface area contributed by atoms with Crippen LogP contribution in [0.5, 0.6) is 0 Å². The maximum absolute atomic E-state index is 6.51. The van der Waals surface area contributed by atoms with E-state index in [0.717, 1.165) is 95.6 Å². The van der Waals surface area contributed by atoms with E-state index < -0.39 is 0 Å². The summed E-state index contributed by atoms with van der Waals surface area (Å²) >= 11 is 1.88. The highest BCUT2D eigenvalue weighted by Crippen LogP contribution is 2.53. The van der Waals surface area contributed by atoms with Gasteiger partial charge in [-0.25, -0.2) is 0 Å². The maximum Gasteiger partial charge on any atom is 0.252 e. The number of thiophene rings is 1. The van der Waals surface area contributed by atoms with Gasteiger partial charge in [0.05, 0.1) is 11.4 Å². The number of furan rings is 1. The van der Waals surface area contributed by atoms with Crippen molar-refractivity contribution in [1.29, 1.82) is 0 Å². The standard InChI is InChI=1S/C84H65BN4OS/c1-83(2,3)58-33-38-61(39-34-58)88-73-51-66(87(63-27-19-24-57(48-63)54-20-9-7-10-21-54)65-43-46-77-70(50-65)68-28-15-17-30-76(68)90-77)42-44-71(73)85-72-45-47-79-80(69-29-16-18-31-78(69)91-79)82(72)89(62-40-35-59(36-41-62)84(4,5)6)75-53-67(52-74(88)81(75)85)86(60-25-11-8-12-26-60)64-37-32-55-22-13-14-23-56(55)49-64/h7-53H,1-6H3. The lowest BCUT2D eigenvalue weighted by Crippen LogP contribution is -2.61. The molecule has 2 aromatic heterocycles. The Morgan fingerprint density at radius 3 is 1.64 bits per heavy atom. The zero-order valence-corrected chi connectivity index (χ0v) is 52.6. The highest BCUT2D eigenvalue weighted by Gasteiger charge is 2.45. The molecule has 15 aromatic rings. The van der Waals surface area contributed by atoms with Crippen LogP contribution < -0.4 is 36.0 Å². The summed E-state index contributed by atoms with van der Waals surface area (Å²) in [5.74, 6) is 0. The molecule has 0 atom stereocenters. The van der Waals surface area contributed by atoms with Gasteiger partial charge in [0.15, 0.2) is 0 Å². The molecule has 5 nitrogen and oxygen atoms in total. The third-order valence-corrected chi connectivity index (χ3v) is 20.0. The monoisotopic (exact) mass is 1190 g/mol. The topological polar surface area (TPSA) is 26.1 Å². The number of benzene rings is 13. The summed E-state index contributed by atoms with van der Waals surface area (Å²) in [5.41, 5.74) is 23.4. The van der Waals surface area contributed by atoms with Gasteiger partial charge < -0.3 is 24.0 Å². The molecule has 91 heavy (non-hydrogen) atoms. The van der Waals surface area contributed by atoms with Gasteiger partial charge in [0.2, 0.25) is 0 Å². The first-order valence-electron chi connectivity index (χ1n) is 31.7. The molecule has 0 saturated carbocycles. The average Bonchev–Trinajstić information content (AvgIpc) is 1.47. The second kappa shape index (κ2) is 21.0. The summed E-state index contributed by atoms with van der Waals surface area (Å²) in [5, 5.41) is 7.08. The molecule has 0 saturated heterocycles. The van der Waals surface area contributed by atoms with E-state index in [1.165, 1.54) is 64.1 Å². The van der Waals surface area contributed by atoms with E-state index in [0.29, 0.717) is 0 Å². The predicted molar refractivity (Wildman–Crippen MR) is 390 cm³/mol. The van der Waals surface area contributed by atoms with Crippen LogP contribution in [0.1, 0.15) is 52.7 Å². The third-order valence-electron chi connectivity index (χ3n) is 18.9. The Kier molecular flexibility index (Phi) is 12.6. The Bertz CT molecular complexity index is 5350. The SMILES string of the molecule is CC(C)(C)c1ccc(N2c3cc(N(c4cccc(-c5ccccc5)c4)c4ccc5oc6ccccc6c5c4)ccc3B3c4ccc5sc6ccccc6c5c4N(c4ccc(C(C)(C)C)cc4)c4cc(N(c5ccccc5)c5ccc6ccccc6c5)cc2c43)cc1. The molecule has 0 unspecified atom stereocenters. The van der Waals surface area contributed by atoms with Crippen molar-refractivity contribution in [1.82, 2.24) is 0 Å². The minimum Gasteiger partial charge on any atom is -0.456 e. The fraction of sp³-hybridized carbons (Fsp3) is 0.0952. The van der Waals surface area contributed by atoms with E-state index >= 15 is 0 Å². The normalized spacial score (nSPS) is 12.9. The summed E-state index contributed by atoms with van der Waals surface area (Å²) in [7, 11) is 0. The van der Waals surface area contributed by atoms with Crippen molar-refractivity contribution in [2.24, 2.45) is 0 Å². The Morgan fingerprint density at radius 2 is 0.890 bits per heavy atom.